The number of benzene rings is 2. The van der Waals surface area contributed by atoms with Gasteiger partial charge in [0.2, 0.25) is 0 Å². The first-order valence-electron chi connectivity index (χ1n) is 11.2. The highest BCUT2D eigenvalue weighted by Gasteiger charge is 2.44. The Bertz CT molecular complexity index is 757. The summed E-state index contributed by atoms with van der Waals surface area (Å²) in [4.78, 5) is 0. The minimum absolute atomic E-state index is 0.0896. The molecule has 3 heteroatoms. The molecule has 0 bridgehead atoms. The van der Waals surface area contributed by atoms with Gasteiger partial charge in [-0.25, -0.2) is 0 Å². The van der Waals surface area contributed by atoms with Gasteiger partial charge >= 0.3 is 7.12 Å². The van der Waals surface area contributed by atoms with Crippen molar-refractivity contribution in [3.05, 3.63) is 53.6 Å². The van der Waals surface area contributed by atoms with Crippen molar-refractivity contribution in [2.24, 2.45) is 0 Å². The highest BCUT2D eigenvalue weighted by atomic mass is 16.4. The zero-order valence-corrected chi connectivity index (χ0v) is 17.6. The molecule has 0 amide bonds. The Hall–Kier alpha value is -1.58. The number of rotatable bonds is 11. The molecule has 0 saturated heterocycles. The molecule has 0 radical (unpaired) electrons. The minimum atomic E-state index is -1.42. The number of fused-ring (bicyclic) bond motifs is 3. The van der Waals surface area contributed by atoms with E-state index in [1.165, 1.54) is 73.6 Å². The molecule has 0 spiro atoms. The molecule has 150 valence electrons. The Morgan fingerprint density at radius 1 is 0.714 bits per heavy atom. The lowest BCUT2D eigenvalue weighted by Gasteiger charge is -2.34. The maximum atomic E-state index is 10.2. The average molecular weight is 378 g/mol. The molecule has 2 aromatic carbocycles. The van der Waals surface area contributed by atoms with E-state index in [0.29, 0.717) is 5.46 Å². The number of unbranched alkanes of at least 4 members (excludes halogenated alkanes) is 6. The van der Waals surface area contributed by atoms with Crippen LogP contribution in [0.15, 0.2) is 42.5 Å². The third-order valence-electron chi connectivity index (χ3n) is 6.50. The van der Waals surface area contributed by atoms with Crippen LogP contribution in [0.25, 0.3) is 11.1 Å². The van der Waals surface area contributed by atoms with Crippen LogP contribution in [0.5, 0.6) is 0 Å². The first-order chi connectivity index (χ1) is 13.7. The van der Waals surface area contributed by atoms with E-state index in [1.54, 1.807) is 0 Å². The summed E-state index contributed by atoms with van der Waals surface area (Å²) in [6, 6.07) is 14.8. The maximum absolute atomic E-state index is 10.2. The Kier molecular flexibility index (Phi) is 7.37. The summed E-state index contributed by atoms with van der Waals surface area (Å²) >= 11 is 0. The summed E-state index contributed by atoms with van der Waals surface area (Å²) < 4.78 is 0. The van der Waals surface area contributed by atoms with Gasteiger partial charge in [0, 0.05) is 5.41 Å². The van der Waals surface area contributed by atoms with Gasteiger partial charge in [-0.15, -0.1) is 0 Å². The first kappa shape index (κ1) is 21.1. The van der Waals surface area contributed by atoms with E-state index in [2.05, 4.69) is 44.2 Å². The summed E-state index contributed by atoms with van der Waals surface area (Å²) in [5, 5.41) is 20.3. The molecule has 3 rings (SSSR count). The zero-order valence-electron chi connectivity index (χ0n) is 17.6. The summed E-state index contributed by atoms with van der Waals surface area (Å²) in [6.07, 6.45) is 12.0. The average Bonchev–Trinajstić information content (AvgIpc) is 2.99. The number of hydrogen-bond acceptors (Lipinski definition) is 2. The molecule has 1 aliphatic carbocycles. The third-order valence-corrected chi connectivity index (χ3v) is 6.50. The van der Waals surface area contributed by atoms with Crippen LogP contribution >= 0.6 is 0 Å². The molecule has 0 fully saturated rings. The molecule has 0 aliphatic heterocycles. The Labute approximate surface area is 171 Å². The van der Waals surface area contributed by atoms with E-state index >= 15 is 0 Å². The Morgan fingerprint density at radius 3 is 1.93 bits per heavy atom. The lowest BCUT2D eigenvalue weighted by molar-refractivity contribution is 0.396. The molecule has 1 aliphatic rings. The van der Waals surface area contributed by atoms with E-state index in [-0.39, 0.29) is 5.41 Å². The van der Waals surface area contributed by atoms with Gasteiger partial charge in [-0.2, -0.15) is 0 Å². The van der Waals surface area contributed by atoms with Crippen molar-refractivity contribution >= 4 is 12.6 Å². The van der Waals surface area contributed by atoms with E-state index in [9.17, 15) is 10.0 Å². The van der Waals surface area contributed by atoms with Crippen LogP contribution in [0.1, 0.15) is 89.2 Å². The van der Waals surface area contributed by atoms with Crippen molar-refractivity contribution in [3.63, 3.8) is 0 Å². The van der Waals surface area contributed by atoms with Crippen LogP contribution in [0.3, 0.4) is 0 Å². The van der Waals surface area contributed by atoms with Crippen molar-refractivity contribution in [3.8, 4) is 11.1 Å². The molecule has 0 atom stereocenters. The van der Waals surface area contributed by atoms with Gasteiger partial charge in [0.15, 0.2) is 0 Å². The lowest BCUT2D eigenvalue weighted by Crippen LogP contribution is -2.39. The quantitative estimate of drug-likeness (QED) is 0.396. The lowest BCUT2D eigenvalue weighted by atomic mass is 9.64. The molecule has 0 saturated carbocycles. The normalized spacial score (nSPS) is 14.0. The second-order valence-electron chi connectivity index (χ2n) is 8.39. The van der Waals surface area contributed by atoms with Crippen LogP contribution < -0.4 is 5.46 Å². The second kappa shape index (κ2) is 9.76. The van der Waals surface area contributed by atoms with Crippen molar-refractivity contribution in [1.82, 2.24) is 0 Å². The fraction of sp³-hybridized carbons (Fsp3) is 0.520. The largest absolute Gasteiger partial charge is 0.488 e. The molecular formula is C25H35BO2. The van der Waals surface area contributed by atoms with Gasteiger partial charge in [-0.3, -0.25) is 0 Å². The smallest absolute Gasteiger partial charge is 0.423 e. The van der Waals surface area contributed by atoms with Crippen LogP contribution in [0.4, 0.5) is 0 Å². The highest BCUT2D eigenvalue weighted by Crippen LogP contribution is 2.53. The minimum Gasteiger partial charge on any atom is -0.423 e. The highest BCUT2D eigenvalue weighted by molar-refractivity contribution is 6.59. The predicted octanol–water partition coefficient (Wildman–Crippen LogP) is 5.57. The first-order valence-corrected chi connectivity index (χ1v) is 11.2. The summed E-state index contributed by atoms with van der Waals surface area (Å²) in [6.45, 7) is 4.50. The van der Waals surface area contributed by atoms with E-state index in [1.807, 2.05) is 12.1 Å². The van der Waals surface area contributed by atoms with Crippen molar-refractivity contribution in [1.29, 1.82) is 0 Å². The van der Waals surface area contributed by atoms with Gasteiger partial charge in [-0.1, -0.05) is 108 Å². The van der Waals surface area contributed by atoms with Crippen LogP contribution in [-0.4, -0.2) is 17.2 Å². The number of hydrogen-bond donors (Lipinski definition) is 2. The fourth-order valence-electron chi connectivity index (χ4n) is 5.17. The van der Waals surface area contributed by atoms with Crippen LogP contribution in [0.2, 0.25) is 0 Å². The Balaban J connectivity index is 2.08. The van der Waals surface area contributed by atoms with Crippen molar-refractivity contribution in [2.75, 3.05) is 0 Å². The molecule has 0 aromatic heterocycles. The van der Waals surface area contributed by atoms with Gasteiger partial charge in [0.1, 0.15) is 0 Å². The topological polar surface area (TPSA) is 40.5 Å². The molecule has 2 nitrogen and oxygen atoms in total. The summed E-state index contributed by atoms with van der Waals surface area (Å²) in [5.41, 5.74) is 5.66. The standard InChI is InChI=1S/C25H35BO2/c1-3-5-7-11-18-25(19-12-8-6-4-2)22-16-10-9-14-20(22)21-15-13-17-23(24(21)25)26(27)28/h9-10,13-17,27-28H,3-8,11-12,18-19H2,1-2H3. The van der Waals surface area contributed by atoms with E-state index in [4.69, 9.17) is 0 Å². The second-order valence-corrected chi connectivity index (χ2v) is 8.39. The van der Waals surface area contributed by atoms with E-state index in [0.717, 1.165) is 12.8 Å². The summed E-state index contributed by atoms with van der Waals surface area (Å²) in [5.74, 6) is 0. The molecule has 0 heterocycles. The zero-order chi connectivity index (χ0) is 20.0. The van der Waals surface area contributed by atoms with E-state index < -0.39 is 7.12 Å². The van der Waals surface area contributed by atoms with Gasteiger partial charge < -0.3 is 10.0 Å². The third kappa shape index (κ3) is 4.06. The molecule has 2 aromatic rings. The van der Waals surface area contributed by atoms with Crippen molar-refractivity contribution < 1.29 is 10.0 Å². The predicted molar refractivity (Wildman–Crippen MR) is 120 cm³/mol. The molecule has 28 heavy (non-hydrogen) atoms. The van der Waals surface area contributed by atoms with Gasteiger partial charge in [0.25, 0.3) is 0 Å². The monoisotopic (exact) mass is 378 g/mol. The molecular weight excluding hydrogens is 343 g/mol. The molecule has 2 N–H and O–H groups in total. The fourth-order valence-corrected chi connectivity index (χ4v) is 5.17. The van der Waals surface area contributed by atoms with Crippen LogP contribution in [0, 0.1) is 0 Å². The Morgan fingerprint density at radius 2 is 1.32 bits per heavy atom. The van der Waals surface area contributed by atoms with Gasteiger partial charge in [-0.05, 0) is 40.6 Å². The van der Waals surface area contributed by atoms with Crippen LogP contribution in [-0.2, 0) is 5.41 Å². The SMILES string of the molecule is CCCCCCC1(CCCCCC)c2ccccc2-c2cccc(B(O)O)c21. The summed E-state index contributed by atoms with van der Waals surface area (Å²) in [7, 11) is -1.42. The maximum Gasteiger partial charge on any atom is 0.488 e. The van der Waals surface area contributed by atoms with Crippen molar-refractivity contribution in [2.45, 2.75) is 83.5 Å². The van der Waals surface area contributed by atoms with Gasteiger partial charge in [0.05, 0.1) is 0 Å². The molecule has 0 unspecified atom stereocenters.